The second-order valence-corrected chi connectivity index (χ2v) is 2.10. The number of hydrogen-bond acceptors (Lipinski definition) is 4. The van der Waals surface area contributed by atoms with Gasteiger partial charge in [-0.15, -0.1) is 0 Å². The van der Waals surface area contributed by atoms with Crippen molar-refractivity contribution in [3.8, 4) is 0 Å². The quantitative estimate of drug-likeness (QED) is 0.287. The van der Waals surface area contributed by atoms with E-state index in [1.807, 2.05) is 0 Å². The minimum absolute atomic E-state index is 0. The molecule has 1 N–H and O–H groups in total. The summed E-state index contributed by atoms with van der Waals surface area (Å²) in [6.45, 7) is 1.74. The van der Waals surface area contributed by atoms with Crippen LogP contribution in [0, 0.1) is 0 Å². The zero-order valence-electron chi connectivity index (χ0n) is 5.42. The fourth-order valence-corrected chi connectivity index (χ4v) is 1.03. The number of hydrogen-bond donors (Lipinski definition) is 0. The smallest absolute Gasteiger partial charge is 0.870 e. The molecule has 0 aromatic carbocycles. The number of ketones is 1. The summed E-state index contributed by atoms with van der Waals surface area (Å²) >= 11 is 1.33. The van der Waals surface area contributed by atoms with E-state index in [0.717, 1.165) is 0 Å². The Kier molecular flexibility index (Phi) is 7.45. The molecule has 0 unspecified atom stereocenters. The minimum Gasteiger partial charge on any atom is -0.870 e. The molecule has 0 aliphatic carbocycles. The van der Waals surface area contributed by atoms with Crippen LogP contribution in [0.15, 0.2) is 4.40 Å². The third kappa shape index (κ3) is 3.37. The average Bonchev–Trinajstić information content (AvgIpc) is 1.91. The number of rotatable bonds is 0. The molecule has 0 amide bonds. The third-order valence-electron chi connectivity index (χ3n) is 0.801. The standard InChI is InChI=1S/C4H5NOS.Na.H2O/c1-3-4(6)2-7-5-3;;/h2H2,1H3;;1H2/q;+1;/p-1. The molecule has 0 aromatic heterocycles. The molecule has 0 atom stereocenters. The van der Waals surface area contributed by atoms with Gasteiger partial charge < -0.3 is 5.48 Å². The summed E-state index contributed by atoms with van der Waals surface area (Å²) in [7, 11) is 0. The van der Waals surface area contributed by atoms with Gasteiger partial charge in [0.1, 0.15) is 0 Å². The van der Waals surface area contributed by atoms with Crippen LogP contribution in [0.2, 0.25) is 0 Å². The van der Waals surface area contributed by atoms with Gasteiger partial charge in [0, 0.05) is 0 Å². The van der Waals surface area contributed by atoms with Gasteiger partial charge >= 0.3 is 29.6 Å². The first-order chi connectivity index (χ1) is 3.30. The molecule has 0 bridgehead atoms. The van der Waals surface area contributed by atoms with Crippen LogP contribution in [0.25, 0.3) is 0 Å². The summed E-state index contributed by atoms with van der Waals surface area (Å²) in [5.74, 6) is 0.719. The van der Waals surface area contributed by atoms with Crippen LogP contribution < -0.4 is 29.6 Å². The van der Waals surface area contributed by atoms with E-state index in [0.29, 0.717) is 11.5 Å². The van der Waals surface area contributed by atoms with Crippen molar-refractivity contribution in [2.75, 3.05) is 5.75 Å². The van der Waals surface area contributed by atoms with E-state index in [-0.39, 0.29) is 40.8 Å². The Bertz CT molecular complexity index is 137. The summed E-state index contributed by atoms with van der Waals surface area (Å²) < 4.78 is 3.80. The minimum atomic E-state index is 0. The molecule has 0 saturated carbocycles. The maximum absolute atomic E-state index is 10.4. The van der Waals surface area contributed by atoms with Crippen LogP contribution >= 0.6 is 11.9 Å². The molecule has 0 saturated heterocycles. The van der Waals surface area contributed by atoms with E-state index in [1.54, 1.807) is 6.92 Å². The summed E-state index contributed by atoms with van der Waals surface area (Å²) in [4.78, 5) is 10.4. The third-order valence-corrected chi connectivity index (χ3v) is 1.59. The molecule has 1 rings (SSSR count). The second kappa shape index (κ2) is 5.44. The molecule has 3 nitrogen and oxygen atoms in total. The van der Waals surface area contributed by atoms with Crippen LogP contribution in [0.5, 0.6) is 0 Å². The fourth-order valence-electron chi connectivity index (χ4n) is 0.343. The molecular formula is C4H6NNaO2S. The molecule has 0 spiro atoms. The molecule has 1 aliphatic rings. The number of nitrogens with zero attached hydrogens (tertiary/aromatic N) is 1. The Morgan fingerprint density at radius 1 is 1.67 bits per heavy atom. The number of carbonyl (C=O) groups is 1. The molecule has 0 fully saturated rings. The molecule has 46 valence electrons. The average molecular weight is 155 g/mol. The number of carbonyl (C=O) groups excluding carboxylic acids is 1. The van der Waals surface area contributed by atoms with E-state index < -0.39 is 0 Å². The Hall–Kier alpha value is 0.650. The van der Waals surface area contributed by atoms with Gasteiger partial charge in [-0.05, 0) is 18.9 Å². The van der Waals surface area contributed by atoms with Crippen molar-refractivity contribution in [3.63, 3.8) is 0 Å². The van der Waals surface area contributed by atoms with Crippen molar-refractivity contribution in [2.24, 2.45) is 4.40 Å². The van der Waals surface area contributed by atoms with Gasteiger partial charge in [-0.2, -0.15) is 0 Å². The van der Waals surface area contributed by atoms with E-state index in [9.17, 15) is 4.79 Å². The van der Waals surface area contributed by atoms with E-state index >= 15 is 0 Å². The predicted octanol–water partition coefficient (Wildman–Crippen LogP) is -2.49. The van der Waals surface area contributed by atoms with Gasteiger partial charge in [0.25, 0.3) is 0 Å². The van der Waals surface area contributed by atoms with Crippen LogP contribution in [0.1, 0.15) is 6.92 Å². The van der Waals surface area contributed by atoms with Gasteiger partial charge in [0.05, 0.1) is 11.5 Å². The van der Waals surface area contributed by atoms with Gasteiger partial charge in [-0.1, -0.05) is 0 Å². The van der Waals surface area contributed by atoms with E-state index in [4.69, 9.17) is 0 Å². The molecule has 5 heteroatoms. The van der Waals surface area contributed by atoms with Crippen molar-refractivity contribution in [1.82, 2.24) is 0 Å². The predicted molar refractivity (Wildman–Crippen MR) is 32.5 cm³/mol. The van der Waals surface area contributed by atoms with Crippen LogP contribution in [0.4, 0.5) is 0 Å². The van der Waals surface area contributed by atoms with Gasteiger partial charge in [-0.3, -0.25) is 4.79 Å². The SMILES string of the molecule is CC1=NSCC1=O.[Na+].[OH-]. The van der Waals surface area contributed by atoms with E-state index in [2.05, 4.69) is 4.40 Å². The Labute approximate surface area is 80.0 Å². The van der Waals surface area contributed by atoms with Crippen molar-refractivity contribution in [3.05, 3.63) is 0 Å². The number of Topliss-reactive ketones (excluding diaryl/α,β-unsaturated/α-hetero) is 1. The van der Waals surface area contributed by atoms with Crippen molar-refractivity contribution in [1.29, 1.82) is 0 Å². The van der Waals surface area contributed by atoms with Crippen LogP contribution in [-0.2, 0) is 4.79 Å². The topological polar surface area (TPSA) is 59.4 Å². The monoisotopic (exact) mass is 155 g/mol. The Balaban J connectivity index is 0. The molecule has 9 heavy (non-hydrogen) atoms. The largest absolute Gasteiger partial charge is 1.00 e. The molecule has 1 heterocycles. The first-order valence-corrected chi connectivity index (χ1v) is 2.95. The summed E-state index contributed by atoms with van der Waals surface area (Å²) in [5, 5.41) is 0. The first kappa shape index (κ1) is 12.3. The summed E-state index contributed by atoms with van der Waals surface area (Å²) in [5.41, 5.74) is 0.657. The summed E-state index contributed by atoms with van der Waals surface area (Å²) in [6.07, 6.45) is 0. The maximum atomic E-state index is 10.4. The molecular weight excluding hydrogens is 149 g/mol. The maximum Gasteiger partial charge on any atom is 1.00 e. The van der Waals surface area contributed by atoms with Crippen LogP contribution in [0.3, 0.4) is 0 Å². The normalized spacial score (nSPS) is 15.7. The fraction of sp³-hybridized carbons (Fsp3) is 0.500. The zero-order valence-corrected chi connectivity index (χ0v) is 8.23. The second-order valence-electron chi connectivity index (χ2n) is 1.37. The van der Waals surface area contributed by atoms with Crippen LogP contribution in [-0.4, -0.2) is 22.7 Å². The van der Waals surface area contributed by atoms with Crippen molar-refractivity contribution < 1.29 is 39.8 Å². The summed E-state index contributed by atoms with van der Waals surface area (Å²) in [6, 6.07) is 0. The zero-order chi connectivity index (χ0) is 5.28. The van der Waals surface area contributed by atoms with Gasteiger partial charge in [0.15, 0.2) is 5.78 Å². The first-order valence-electron chi connectivity index (χ1n) is 2.00. The Morgan fingerprint density at radius 3 is 2.33 bits per heavy atom. The molecule has 0 aromatic rings. The van der Waals surface area contributed by atoms with Gasteiger partial charge in [-0.25, -0.2) is 4.40 Å². The van der Waals surface area contributed by atoms with Crippen molar-refractivity contribution in [2.45, 2.75) is 6.92 Å². The van der Waals surface area contributed by atoms with E-state index in [1.165, 1.54) is 11.9 Å². The molecule has 1 aliphatic heterocycles. The Morgan fingerprint density at radius 2 is 2.22 bits per heavy atom. The van der Waals surface area contributed by atoms with Gasteiger partial charge in [0.2, 0.25) is 0 Å². The van der Waals surface area contributed by atoms with Crippen molar-refractivity contribution >= 4 is 23.4 Å². The molecule has 0 radical (unpaired) electrons.